The van der Waals surface area contributed by atoms with E-state index in [9.17, 15) is 18.5 Å². The molecule has 1 aliphatic heterocycles. The van der Waals surface area contributed by atoms with Gasteiger partial charge in [0.05, 0.1) is 12.3 Å². The molecule has 1 aliphatic carbocycles. The Hall–Kier alpha value is -2.51. The lowest BCUT2D eigenvalue weighted by Gasteiger charge is -2.37. The van der Waals surface area contributed by atoms with E-state index in [2.05, 4.69) is 15.3 Å². The summed E-state index contributed by atoms with van der Waals surface area (Å²) in [5.41, 5.74) is 0.303. The van der Waals surface area contributed by atoms with Gasteiger partial charge in [0.25, 0.3) is 5.56 Å². The van der Waals surface area contributed by atoms with Gasteiger partial charge in [-0.2, -0.15) is 14.6 Å². The van der Waals surface area contributed by atoms with Gasteiger partial charge >= 0.3 is 0 Å². The van der Waals surface area contributed by atoms with E-state index in [0.717, 1.165) is 25.7 Å². The van der Waals surface area contributed by atoms with Gasteiger partial charge in [-0.3, -0.25) is 9.36 Å². The van der Waals surface area contributed by atoms with Crippen LogP contribution in [-0.2, 0) is 10.0 Å². The van der Waals surface area contributed by atoms with Crippen molar-refractivity contribution in [1.82, 2.24) is 18.8 Å². The van der Waals surface area contributed by atoms with E-state index in [1.54, 1.807) is 10.8 Å². The highest BCUT2D eigenvalue weighted by Gasteiger charge is 2.33. The molecule has 1 N–H and O–H groups in total. The van der Waals surface area contributed by atoms with Gasteiger partial charge in [0.15, 0.2) is 0 Å². The number of nitrogens with one attached hydrogen (secondary N) is 1. The van der Waals surface area contributed by atoms with Crippen molar-refractivity contribution in [2.24, 2.45) is 0 Å². The second-order valence-electron chi connectivity index (χ2n) is 7.18. The fourth-order valence-electron chi connectivity index (χ4n) is 3.75. The molecular formula is C17H22N6O3S. The van der Waals surface area contributed by atoms with E-state index >= 15 is 0 Å². The topological polar surface area (TPSA) is 121 Å². The lowest BCUT2D eigenvalue weighted by molar-refractivity contribution is 0.282. The van der Waals surface area contributed by atoms with Crippen molar-refractivity contribution >= 4 is 27.0 Å². The zero-order chi connectivity index (χ0) is 19.2. The number of hydrogen-bond donors (Lipinski definition) is 1. The molecular weight excluding hydrogens is 368 g/mol. The van der Waals surface area contributed by atoms with Crippen LogP contribution in [0.5, 0.6) is 0 Å². The number of aromatic nitrogens is 3. The lowest BCUT2D eigenvalue weighted by Crippen LogP contribution is -2.56. The molecule has 2 aliphatic rings. The molecule has 0 bridgehead atoms. The minimum Gasteiger partial charge on any atom is -0.349 e. The molecule has 0 unspecified atom stereocenters. The molecule has 144 valence electrons. The molecule has 2 aromatic rings. The van der Waals surface area contributed by atoms with E-state index in [4.69, 9.17) is 0 Å². The summed E-state index contributed by atoms with van der Waals surface area (Å²) in [5, 5.41) is 13.1. The summed E-state index contributed by atoms with van der Waals surface area (Å²) in [6, 6.07) is 3.47. The zero-order valence-corrected chi connectivity index (χ0v) is 15.7. The maximum Gasteiger partial charge on any atom is 0.270 e. The number of nitrogens with zero attached hydrogens (tertiary/aromatic N) is 5. The third-order valence-corrected chi connectivity index (χ3v) is 6.47. The molecule has 4 rings (SSSR count). The van der Waals surface area contributed by atoms with Crippen molar-refractivity contribution in [3.63, 3.8) is 0 Å². The van der Waals surface area contributed by atoms with Gasteiger partial charge in [0.1, 0.15) is 17.3 Å². The Kier molecular flexibility index (Phi) is 4.36. The highest BCUT2D eigenvalue weighted by atomic mass is 32.2. The summed E-state index contributed by atoms with van der Waals surface area (Å²) < 4.78 is 26.0. The molecule has 10 heteroatoms. The van der Waals surface area contributed by atoms with Gasteiger partial charge in [-0.05, 0) is 18.9 Å². The number of sulfonamides is 1. The first-order chi connectivity index (χ1) is 12.9. The number of anilines is 1. The van der Waals surface area contributed by atoms with Crippen molar-refractivity contribution in [2.45, 2.75) is 37.8 Å². The SMILES string of the molecule is CS(=O)(=O)N1CC(Nc2ncc3cc(C#N)c(=O)n(C4CCCC4)c3n2)C1.[HH]. The summed E-state index contributed by atoms with van der Waals surface area (Å²) >= 11 is 0. The standard InChI is InChI=1S/C17H20N6O3S.H2/c1-27(25,26)22-9-13(10-22)20-17-19-8-12-6-11(7-18)16(24)23(15(12)21-17)14-4-2-3-5-14;/h6,8,13-14H,2-5,9-10H2,1H3,(H,19,20,21);1H. The van der Waals surface area contributed by atoms with Crippen LogP contribution in [0.25, 0.3) is 11.0 Å². The van der Waals surface area contributed by atoms with Gasteiger partial charge in [-0.25, -0.2) is 13.4 Å². The van der Waals surface area contributed by atoms with Crippen LogP contribution in [0.15, 0.2) is 17.1 Å². The fourth-order valence-corrected chi connectivity index (χ4v) is 4.66. The van der Waals surface area contributed by atoms with Crippen LogP contribution in [0, 0.1) is 11.3 Å². The normalized spacial score (nSPS) is 19.1. The number of pyridine rings is 1. The molecule has 0 radical (unpaired) electrons. The Bertz CT molecular complexity index is 1100. The number of nitriles is 1. The second-order valence-corrected chi connectivity index (χ2v) is 9.16. The van der Waals surface area contributed by atoms with Crippen LogP contribution in [0.1, 0.15) is 38.7 Å². The van der Waals surface area contributed by atoms with E-state index in [0.29, 0.717) is 30.1 Å². The van der Waals surface area contributed by atoms with E-state index in [-0.39, 0.29) is 24.6 Å². The Morgan fingerprint density at radius 3 is 2.67 bits per heavy atom. The molecule has 27 heavy (non-hydrogen) atoms. The van der Waals surface area contributed by atoms with Gasteiger partial charge in [0.2, 0.25) is 16.0 Å². The van der Waals surface area contributed by atoms with Gasteiger partial charge in [-0.15, -0.1) is 0 Å². The minimum absolute atomic E-state index is 0. The zero-order valence-electron chi connectivity index (χ0n) is 14.9. The Labute approximate surface area is 158 Å². The van der Waals surface area contributed by atoms with E-state index in [1.807, 2.05) is 6.07 Å². The average molecular weight is 390 g/mol. The van der Waals surface area contributed by atoms with Crippen molar-refractivity contribution in [3.05, 3.63) is 28.2 Å². The van der Waals surface area contributed by atoms with Crippen molar-refractivity contribution in [3.8, 4) is 6.07 Å². The average Bonchev–Trinajstić information content (AvgIpc) is 3.10. The molecule has 0 spiro atoms. The fraction of sp³-hybridized carbons (Fsp3) is 0.529. The monoisotopic (exact) mass is 390 g/mol. The molecule has 0 amide bonds. The van der Waals surface area contributed by atoms with Crippen LogP contribution in [0.4, 0.5) is 5.95 Å². The Balaban J connectivity index is 0.00000225. The number of fused-ring (bicyclic) bond motifs is 1. The first kappa shape index (κ1) is 17.9. The van der Waals surface area contributed by atoms with Crippen molar-refractivity contribution in [2.75, 3.05) is 24.7 Å². The van der Waals surface area contributed by atoms with Crippen LogP contribution < -0.4 is 10.9 Å². The Morgan fingerprint density at radius 2 is 2.04 bits per heavy atom. The number of hydrogen-bond acceptors (Lipinski definition) is 7. The maximum atomic E-state index is 12.7. The first-order valence-electron chi connectivity index (χ1n) is 8.91. The van der Waals surface area contributed by atoms with Gasteiger partial charge < -0.3 is 5.32 Å². The van der Waals surface area contributed by atoms with E-state index in [1.165, 1.54) is 16.6 Å². The molecule has 3 heterocycles. The third-order valence-electron chi connectivity index (χ3n) is 5.23. The third kappa shape index (κ3) is 3.28. The summed E-state index contributed by atoms with van der Waals surface area (Å²) in [7, 11) is -3.18. The highest BCUT2D eigenvalue weighted by molar-refractivity contribution is 7.88. The van der Waals surface area contributed by atoms with Gasteiger partial charge in [0, 0.05) is 32.1 Å². The van der Waals surface area contributed by atoms with Crippen LogP contribution in [0.2, 0.25) is 0 Å². The minimum atomic E-state index is -3.18. The molecule has 9 nitrogen and oxygen atoms in total. The quantitative estimate of drug-likeness (QED) is 0.829. The first-order valence-corrected chi connectivity index (χ1v) is 10.8. The second kappa shape index (κ2) is 6.58. The lowest BCUT2D eigenvalue weighted by atomic mass is 10.2. The maximum absolute atomic E-state index is 12.7. The predicted molar refractivity (Wildman–Crippen MR) is 102 cm³/mol. The molecule has 0 atom stereocenters. The smallest absolute Gasteiger partial charge is 0.270 e. The highest BCUT2D eigenvalue weighted by Crippen LogP contribution is 2.30. The number of rotatable bonds is 4. The van der Waals surface area contributed by atoms with Crippen molar-refractivity contribution < 1.29 is 9.84 Å². The summed E-state index contributed by atoms with van der Waals surface area (Å²) in [5.74, 6) is 0.358. The van der Waals surface area contributed by atoms with Crippen LogP contribution in [-0.4, -0.2) is 52.6 Å². The van der Waals surface area contributed by atoms with Crippen molar-refractivity contribution in [1.29, 1.82) is 5.26 Å². The largest absolute Gasteiger partial charge is 0.349 e. The predicted octanol–water partition coefficient (Wildman–Crippen LogP) is 1.08. The summed E-state index contributed by atoms with van der Waals surface area (Å²) in [6.07, 6.45) is 6.67. The summed E-state index contributed by atoms with van der Waals surface area (Å²) in [4.78, 5) is 21.5. The van der Waals surface area contributed by atoms with E-state index < -0.39 is 10.0 Å². The summed E-state index contributed by atoms with van der Waals surface area (Å²) in [6.45, 7) is 0.728. The van der Waals surface area contributed by atoms with Crippen LogP contribution in [0.3, 0.4) is 0 Å². The Morgan fingerprint density at radius 1 is 1.33 bits per heavy atom. The van der Waals surface area contributed by atoms with Gasteiger partial charge in [-0.1, -0.05) is 12.8 Å². The molecule has 2 aromatic heterocycles. The van der Waals surface area contributed by atoms with Crippen LogP contribution >= 0.6 is 0 Å². The molecule has 1 saturated carbocycles. The molecule has 1 saturated heterocycles. The molecule has 2 fully saturated rings. The molecule has 0 aromatic carbocycles.